The fraction of sp³-hybridized carbons (Fsp3) is 0. The third kappa shape index (κ3) is 1.79. The van der Waals surface area contributed by atoms with E-state index in [9.17, 15) is 0 Å². The summed E-state index contributed by atoms with van der Waals surface area (Å²) in [7, 11) is 0. The van der Waals surface area contributed by atoms with E-state index in [1.165, 1.54) is 15.0 Å². The van der Waals surface area contributed by atoms with E-state index in [0.717, 1.165) is 16.7 Å². The Kier molecular flexibility index (Phi) is 2.32. The standard InChI is InChI=1S/C16H10N2S/c1-2-6-14-12(4-1)10-15(19-14)13-8-7-11-5-3-9-17-16(11)18-13/h1-10H. The van der Waals surface area contributed by atoms with Crippen molar-refractivity contribution in [3.05, 3.63) is 60.8 Å². The molecule has 0 bridgehead atoms. The van der Waals surface area contributed by atoms with Crippen LogP contribution in [-0.4, -0.2) is 9.97 Å². The number of aromatic nitrogens is 2. The van der Waals surface area contributed by atoms with E-state index in [1.54, 1.807) is 17.5 Å². The second-order valence-electron chi connectivity index (χ2n) is 4.40. The molecule has 4 aromatic rings. The lowest BCUT2D eigenvalue weighted by molar-refractivity contribution is 1.29. The van der Waals surface area contributed by atoms with E-state index in [-0.39, 0.29) is 0 Å². The number of benzene rings is 1. The normalized spacial score (nSPS) is 11.2. The molecule has 0 saturated heterocycles. The molecule has 1 aromatic carbocycles. The summed E-state index contributed by atoms with van der Waals surface area (Å²) in [5.74, 6) is 0. The molecule has 0 radical (unpaired) electrons. The number of nitrogens with zero attached hydrogens (tertiary/aromatic N) is 2. The first-order valence-electron chi connectivity index (χ1n) is 6.11. The molecule has 0 unspecified atom stereocenters. The minimum atomic E-state index is 0.803. The smallest absolute Gasteiger partial charge is 0.159 e. The maximum atomic E-state index is 4.64. The Hall–Kier alpha value is -2.26. The van der Waals surface area contributed by atoms with Gasteiger partial charge in [0.1, 0.15) is 0 Å². The predicted octanol–water partition coefficient (Wildman–Crippen LogP) is 4.51. The molecule has 0 N–H and O–H groups in total. The van der Waals surface area contributed by atoms with Gasteiger partial charge in [0.2, 0.25) is 0 Å². The maximum Gasteiger partial charge on any atom is 0.159 e. The van der Waals surface area contributed by atoms with Crippen LogP contribution in [0.1, 0.15) is 0 Å². The summed E-state index contributed by atoms with van der Waals surface area (Å²) in [6.07, 6.45) is 1.78. The predicted molar refractivity (Wildman–Crippen MR) is 80.4 cm³/mol. The summed E-state index contributed by atoms with van der Waals surface area (Å²) in [5.41, 5.74) is 1.80. The van der Waals surface area contributed by atoms with Crippen LogP contribution in [0.15, 0.2) is 60.8 Å². The van der Waals surface area contributed by atoms with Crippen LogP contribution in [0.5, 0.6) is 0 Å². The van der Waals surface area contributed by atoms with Crippen molar-refractivity contribution in [2.24, 2.45) is 0 Å². The summed E-state index contributed by atoms with van der Waals surface area (Å²) in [6, 6.07) is 18.7. The summed E-state index contributed by atoms with van der Waals surface area (Å²) >= 11 is 1.77. The highest BCUT2D eigenvalue weighted by molar-refractivity contribution is 7.22. The Morgan fingerprint density at radius 1 is 0.842 bits per heavy atom. The zero-order chi connectivity index (χ0) is 12.7. The minimum Gasteiger partial charge on any atom is -0.237 e. The van der Waals surface area contributed by atoms with Crippen LogP contribution in [0.25, 0.3) is 31.7 Å². The molecule has 19 heavy (non-hydrogen) atoms. The number of pyridine rings is 2. The van der Waals surface area contributed by atoms with Crippen LogP contribution in [0.3, 0.4) is 0 Å². The monoisotopic (exact) mass is 262 g/mol. The zero-order valence-electron chi connectivity index (χ0n) is 10.1. The van der Waals surface area contributed by atoms with Crippen molar-refractivity contribution >= 4 is 32.5 Å². The van der Waals surface area contributed by atoms with Gasteiger partial charge in [0.25, 0.3) is 0 Å². The summed E-state index contributed by atoms with van der Waals surface area (Å²) < 4.78 is 1.29. The summed E-state index contributed by atoms with van der Waals surface area (Å²) in [5, 5.41) is 2.35. The molecular weight excluding hydrogens is 252 g/mol. The first-order valence-corrected chi connectivity index (χ1v) is 6.92. The van der Waals surface area contributed by atoms with Gasteiger partial charge in [-0.25, -0.2) is 9.97 Å². The van der Waals surface area contributed by atoms with E-state index < -0.39 is 0 Å². The van der Waals surface area contributed by atoms with Crippen LogP contribution in [-0.2, 0) is 0 Å². The first-order chi connectivity index (χ1) is 9.40. The van der Waals surface area contributed by atoms with Crippen LogP contribution in [0, 0.1) is 0 Å². The van der Waals surface area contributed by atoms with Gasteiger partial charge in [-0.15, -0.1) is 11.3 Å². The lowest BCUT2D eigenvalue weighted by Crippen LogP contribution is -1.85. The minimum absolute atomic E-state index is 0.803. The largest absolute Gasteiger partial charge is 0.237 e. The van der Waals surface area contributed by atoms with E-state index in [0.29, 0.717) is 0 Å². The van der Waals surface area contributed by atoms with Gasteiger partial charge in [0, 0.05) is 16.3 Å². The van der Waals surface area contributed by atoms with Gasteiger partial charge >= 0.3 is 0 Å². The van der Waals surface area contributed by atoms with Crippen molar-refractivity contribution < 1.29 is 0 Å². The van der Waals surface area contributed by atoms with Crippen molar-refractivity contribution in [2.45, 2.75) is 0 Å². The highest BCUT2D eigenvalue weighted by Gasteiger charge is 2.06. The summed E-state index contributed by atoms with van der Waals surface area (Å²) in [6.45, 7) is 0. The molecule has 0 aliphatic carbocycles. The van der Waals surface area contributed by atoms with Gasteiger partial charge in [-0.3, -0.25) is 0 Å². The average molecular weight is 262 g/mol. The van der Waals surface area contributed by atoms with Crippen LogP contribution in [0.2, 0.25) is 0 Å². The lowest BCUT2D eigenvalue weighted by atomic mass is 10.2. The van der Waals surface area contributed by atoms with Crippen molar-refractivity contribution in [1.82, 2.24) is 9.97 Å². The first kappa shape index (κ1) is 10.6. The van der Waals surface area contributed by atoms with Gasteiger partial charge in [-0.1, -0.05) is 18.2 Å². The Balaban J connectivity index is 1.93. The molecular formula is C16H10N2S. The number of hydrogen-bond acceptors (Lipinski definition) is 3. The van der Waals surface area contributed by atoms with E-state index in [4.69, 9.17) is 0 Å². The van der Waals surface area contributed by atoms with E-state index >= 15 is 0 Å². The van der Waals surface area contributed by atoms with Crippen molar-refractivity contribution in [1.29, 1.82) is 0 Å². The molecule has 90 valence electrons. The second kappa shape index (κ2) is 4.14. The highest BCUT2D eigenvalue weighted by Crippen LogP contribution is 2.32. The van der Waals surface area contributed by atoms with Gasteiger partial charge < -0.3 is 0 Å². The lowest BCUT2D eigenvalue weighted by Gasteiger charge is -1.99. The van der Waals surface area contributed by atoms with Crippen molar-refractivity contribution in [3.8, 4) is 10.6 Å². The number of thiophene rings is 1. The number of rotatable bonds is 1. The third-order valence-electron chi connectivity index (χ3n) is 3.14. The van der Waals surface area contributed by atoms with Crippen LogP contribution in [0.4, 0.5) is 0 Å². The third-order valence-corrected chi connectivity index (χ3v) is 4.28. The molecule has 0 aliphatic rings. The zero-order valence-corrected chi connectivity index (χ0v) is 10.9. The fourth-order valence-corrected chi connectivity index (χ4v) is 3.23. The average Bonchev–Trinajstić information content (AvgIpc) is 2.90. The molecule has 3 aromatic heterocycles. The summed E-state index contributed by atoms with van der Waals surface area (Å²) in [4.78, 5) is 10.1. The molecule has 0 fully saturated rings. The molecule has 0 spiro atoms. The quantitative estimate of drug-likeness (QED) is 0.504. The molecule has 3 heteroatoms. The topological polar surface area (TPSA) is 25.8 Å². The number of fused-ring (bicyclic) bond motifs is 2. The van der Waals surface area contributed by atoms with Crippen LogP contribution < -0.4 is 0 Å². The van der Waals surface area contributed by atoms with E-state index in [1.807, 2.05) is 12.1 Å². The van der Waals surface area contributed by atoms with Crippen molar-refractivity contribution in [2.75, 3.05) is 0 Å². The Morgan fingerprint density at radius 2 is 1.74 bits per heavy atom. The SMILES string of the molecule is c1cnc2nc(-c3cc4ccccc4s3)ccc2c1. The molecule has 4 rings (SSSR count). The second-order valence-corrected chi connectivity index (χ2v) is 5.48. The van der Waals surface area contributed by atoms with E-state index in [2.05, 4.69) is 52.4 Å². The van der Waals surface area contributed by atoms with Crippen molar-refractivity contribution in [3.63, 3.8) is 0 Å². The molecule has 0 aliphatic heterocycles. The van der Waals surface area contributed by atoms with Crippen LogP contribution >= 0.6 is 11.3 Å². The fourth-order valence-electron chi connectivity index (χ4n) is 2.20. The Morgan fingerprint density at radius 3 is 2.68 bits per heavy atom. The Bertz CT molecular complexity index is 847. The van der Waals surface area contributed by atoms with Gasteiger partial charge in [0.05, 0.1) is 10.6 Å². The molecule has 0 saturated carbocycles. The maximum absolute atomic E-state index is 4.64. The number of hydrogen-bond donors (Lipinski definition) is 0. The Labute approximate surface area is 114 Å². The molecule has 2 nitrogen and oxygen atoms in total. The highest BCUT2D eigenvalue weighted by atomic mass is 32.1. The van der Waals surface area contributed by atoms with Gasteiger partial charge in [0.15, 0.2) is 5.65 Å². The molecule has 0 atom stereocenters. The van der Waals surface area contributed by atoms with Gasteiger partial charge in [-0.2, -0.15) is 0 Å². The molecule has 0 amide bonds. The molecule has 3 heterocycles. The van der Waals surface area contributed by atoms with Gasteiger partial charge in [-0.05, 0) is 41.8 Å².